The topological polar surface area (TPSA) is 89.4 Å². The Labute approximate surface area is 187 Å². The number of pyridine rings is 1. The largest absolute Gasteiger partial charge is 0.473 e. The third-order valence-corrected chi connectivity index (χ3v) is 5.63. The SMILES string of the molecule is Cn1cc(C(=O)NCC2CCN(C(=O)c3ccnc(OCc4ccccc4)c3)CC2)cn1. The summed E-state index contributed by atoms with van der Waals surface area (Å²) in [4.78, 5) is 31.2. The van der Waals surface area contributed by atoms with Crippen LogP contribution >= 0.6 is 0 Å². The molecular weight excluding hydrogens is 406 g/mol. The average molecular weight is 434 g/mol. The molecule has 0 atom stereocenters. The molecule has 0 aliphatic carbocycles. The summed E-state index contributed by atoms with van der Waals surface area (Å²) in [5, 5.41) is 6.99. The Morgan fingerprint density at radius 3 is 2.62 bits per heavy atom. The van der Waals surface area contributed by atoms with Crippen LogP contribution in [-0.4, -0.2) is 51.1 Å². The molecule has 3 heterocycles. The van der Waals surface area contributed by atoms with Gasteiger partial charge in [0, 0.05) is 50.7 Å². The molecule has 8 heteroatoms. The highest BCUT2D eigenvalue weighted by molar-refractivity contribution is 5.94. The van der Waals surface area contributed by atoms with E-state index >= 15 is 0 Å². The molecule has 1 fully saturated rings. The van der Waals surface area contributed by atoms with Gasteiger partial charge in [-0.2, -0.15) is 5.10 Å². The lowest BCUT2D eigenvalue weighted by Gasteiger charge is -2.32. The van der Waals surface area contributed by atoms with Gasteiger partial charge in [0.25, 0.3) is 11.8 Å². The summed E-state index contributed by atoms with van der Waals surface area (Å²) >= 11 is 0. The molecule has 1 aliphatic heterocycles. The lowest BCUT2D eigenvalue weighted by Crippen LogP contribution is -2.41. The van der Waals surface area contributed by atoms with E-state index in [-0.39, 0.29) is 11.8 Å². The fourth-order valence-corrected chi connectivity index (χ4v) is 3.75. The van der Waals surface area contributed by atoms with Crippen molar-refractivity contribution in [2.45, 2.75) is 19.4 Å². The van der Waals surface area contributed by atoms with Crippen molar-refractivity contribution in [2.75, 3.05) is 19.6 Å². The van der Waals surface area contributed by atoms with Crippen molar-refractivity contribution in [2.24, 2.45) is 13.0 Å². The molecule has 0 saturated carbocycles. The van der Waals surface area contributed by atoms with Gasteiger partial charge >= 0.3 is 0 Å². The second-order valence-corrected chi connectivity index (χ2v) is 8.01. The van der Waals surface area contributed by atoms with Crippen LogP contribution in [0.5, 0.6) is 5.88 Å². The summed E-state index contributed by atoms with van der Waals surface area (Å²) in [6.07, 6.45) is 6.56. The highest BCUT2D eigenvalue weighted by atomic mass is 16.5. The molecule has 1 aliphatic rings. The Hall–Kier alpha value is -3.68. The minimum absolute atomic E-state index is 0.0187. The Balaban J connectivity index is 1.25. The predicted molar refractivity (Wildman–Crippen MR) is 119 cm³/mol. The number of rotatable bonds is 7. The van der Waals surface area contributed by atoms with E-state index in [9.17, 15) is 9.59 Å². The van der Waals surface area contributed by atoms with E-state index in [4.69, 9.17) is 4.74 Å². The predicted octanol–water partition coefficient (Wildman–Crippen LogP) is 2.68. The molecule has 4 rings (SSSR count). The van der Waals surface area contributed by atoms with Gasteiger partial charge in [-0.3, -0.25) is 14.3 Å². The lowest BCUT2D eigenvalue weighted by atomic mass is 9.96. The minimum Gasteiger partial charge on any atom is -0.473 e. The molecule has 0 spiro atoms. The van der Waals surface area contributed by atoms with Crippen molar-refractivity contribution in [3.63, 3.8) is 0 Å². The van der Waals surface area contributed by atoms with E-state index in [1.807, 2.05) is 35.2 Å². The van der Waals surface area contributed by atoms with Gasteiger partial charge in [-0.15, -0.1) is 0 Å². The number of hydrogen-bond acceptors (Lipinski definition) is 5. The molecule has 0 radical (unpaired) electrons. The van der Waals surface area contributed by atoms with Crippen molar-refractivity contribution in [3.05, 3.63) is 77.7 Å². The zero-order valence-electron chi connectivity index (χ0n) is 18.1. The Kier molecular flexibility index (Phi) is 6.79. The molecule has 1 saturated heterocycles. The van der Waals surface area contributed by atoms with Gasteiger partial charge in [-0.25, -0.2) is 4.98 Å². The van der Waals surface area contributed by atoms with Gasteiger partial charge in [0.15, 0.2) is 0 Å². The van der Waals surface area contributed by atoms with Crippen LogP contribution in [0, 0.1) is 5.92 Å². The van der Waals surface area contributed by atoms with Gasteiger partial charge in [-0.05, 0) is 30.4 Å². The van der Waals surface area contributed by atoms with Gasteiger partial charge in [0.1, 0.15) is 6.61 Å². The molecule has 1 N–H and O–H groups in total. The highest BCUT2D eigenvalue weighted by Crippen LogP contribution is 2.20. The third-order valence-electron chi connectivity index (χ3n) is 5.63. The number of hydrogen-bond donors (Lipinski definition) is 1. The first-order valence-electron chi connectivity index (χ1n) is 10.8. The zero-order valence-corrected chi connectivity index (χ0v) is 18.1. The van der Waals surface area contributed by atoms with Crippen LogP contribution in [0.1, 0.15) is 39.1 Å². The fraction of sp³-hybridized carbons (Fsp3) is 0.333. The quantitative estimate of drug-likeness (QED) is 0.619. The number of aromatic nitrogens is 3. The number of aryl methyl sites for hydroxylation is 1. The number of piperidine rings is 1. The van der Waals surface area contributed by atoms with Crippen LogP contribution in [0.25, 0.3) is 0 Å². The average Bonchev–Trinajstić information content (AvgIpc) is 3.28. The smallest absolute Gasteiger partial charge is 0.254 e. The van der Waals surface area contributed by atoms with Crippen molar-refractivity contribution >= 4 is 11.8 Å². The Bertz CT molecular complexity index is 1060. The van der Waals surface area contributed by atoms with E-state index < -0.39 is 0 Å². The molecule has 0 bridgehead atoms. The summed E-state index contributed by atoms with van der Waals surface area (Å²) in [6.45, 7) is 2.33. The van der Waals surface area contributed by atoms with Crippen molar-refractivity contribution < 1.29 is 14.3 Å². The van der Waals surface area contributed by atoms with Crippen LogP contribution in [0.4, 0.5) is 0 Å². The van der Waals surface area contributed by atoms with Gasteiger partial charge < -0.3 is 15.0 Å². The number of benzene rings is 1. The van der Waals surface area contributed by atoms with Crippen LogP contribution in [-0.2, 0) is 13.7 Å². The highest BCUT2D eigenvalue weighted by Gasteiger charge is 2.24. The first kappa shape index (κ1) is 21.5. The molecule has 3 aromatic rings. The molecule has 166 valence electrons. The van der Waals surface area contributed by atoms with Crippen LogP contribution in [0.3, 0.4) is 0 Å². The standard InChI is InChI=1S/C24H27N5O3/c1-28-16-21(15-27-28)23(30)26-14-18-8-11-29(12-9-18)24(31)20-7-10-25-22(13-20)32-17-19-5-3-2-4-6-19/h2-7,10,13,15-16,18H,8-9,11-12,14,17H2,1H3,(H,26,30). The molecule has 2 amide bonds. The lowest BCUT2D eigenvalue weighted by molar-refractivity contribution is 0.0683. The molecule has 1 aromatic carbocycles. The maximum Gasteiger partial charge on any atom is 0.254 e. The summed E-state index contributed by atoms with van der Waals surface area (Å²) in [7, 11) is 1.78. The number of carbonyl (C=O) groups is 2. The number of nitrogens with one attached hydrogen (secondary N) is 1. The molecular formula is C24H27N5O3. The Morgan fingerprint density at radius 1 is 1.12 bits per heavy atom. The van der Waals surface area contributed by atoms with E-state index in [2.05, 4.69) is 15.4 Å². The molecule has 0 unspecified atom stereocenters. The summed E-state index contributed by atoms with van der Waals surface area (Å²) in [5.41, 5.74) is 2.18. The monoisotopic (exact) mass is 433 g/mol. The minimum atomic E-state index is -0.114. The van der Waals surface area contributed by atoms with E-state index in [0.29, 0.717) is 49.2 Å². The number of nitrogens with zero attached hydrogens (tertiary/aromatic N) is 4. The Morgan fingerprint density at radius 2 is 1.91 bits per heavy atom. The van der Waals surface area contributed by atoms with E-state index in [1.165, 1.54) is 0 Å². The second kappa shape index (κ2) is 10.1. The van der Waals surface area contributed by atoms with E-state index in [1.54, 1.807) is 42.5 Å². The summed E-state index contributed by atoms with van der Waals surface area (Å²) in [5.74, 6) is 0.654. The summed E-state index contributed by atoms with van der Waals surface area (Å²) in [6, 6.07) is 13.3. The van der Waals surface area contributed by atoms with Crippen molar-refractivity contribution in [1.29, 1.82) is 0 Å². The molecule has 8 nitrogen and oxygen atoms in total. The van der Waals surface area contributed by atoms with Crippen molar-refractivity contribution in [3.8, 4) is 5.88 Å². The fourth-order valence-electron chi connectivity index (χ4n) is 3.75. The zero-order chi connectivity index (χ0) is 22.3. The van der Waals surface area contributed by atoms with Gasteiger partial charge in [0.2, 0.25) is 5.88 Å². The first-order valence-corrected chi connectivity index (χ1v) is 10.8. The van der Waals surface area contributed by atoms with Crippen LogP contribution < -0.4 is 10.1 Å². The van der Waals surface area contributed by atoms with Crippen LogP contribution in [0.2, 0.25) is 0 Å². The maximum absolute atomic E-state index is 12.9. The molecule has 2 aromatic heterocycles. The number of likely N-dealkylation sites (tertiary alicyclic amines) is 1. The van der Waals surface area contributed by atoms with E-state index in [0.717, 1.165) is 18.4 Å². The summed E-state index contributed by atoms with van der Waals surface area (Å²) < 4.78 is 7.36. The number of amides is 2. The first-order chi connectivity index (χ1) is 15.6. The van der Waals surface area contributed by atoms with Crippen molar-refractivity contribution in [1.82, 2.24) is 25.0 Å². The molecule has 32 heavy (non-hydrogen) atoms. The van der Waals surface area contributed by atoms with Gasteiger partial charge in [0.05, 0.1) is 11.8 Å². The number of carbonyl (C=O) groups excluding carboxylic acids is 2. The maximum atomic E-state index is 12.9. The van der Waals surface area contributed by atoms with Gasteiger partial charge in [-0.1, -0.05) is 30.3 Å². The third kappa shape index (κ3) is 5.51. The number of ether oxygens (including phenoxy) is 1. The van der Waals surface area contributed by atoms with Crippen LogP contribution in [0.15, 0.2) is 61.1 Å². The second-order valence-electron chi connectivity index (χ2n) is 8.01. The normalized spacial score (nSPS) is 14.2.